The van der Waals surface area contributed by atoms with Crippen LogP contribution in [0.4, 0.5) is 5.69 Å². The predicted octanol–water partition coefficient (Wildman–Crippen LogP) is 1.67. The molecule has 0 aromatic heterocycles. The van der Waals surface area contributed by atoms with Crippen LogP contribution in [0.1, 0.15) is 33.1 Å². The molecule has 2 unspecified atom stereocenters. The predicted molar refractivity (Wildman–Crippen MR) is 81.1 cm³/mol. The van der Waals surface area contributed by atoms with Crippen molar-refractivity contribution in [2.45, 2.75) is 56.1 Å². The molecule has 6 heteroatoms. The molecular formula is C14H23N3O2S. The summed E-state index contributed by atoms with van der Waals surface area (Å²) in [4.78, 5) is 0.285. The quantitative estimate of drug-likeness (QED) is 0.772. The van der Waals surface area contributed by atoms with Crippen molar-refractivity contribution in [1.29, 1.82) is 0 Å². The Kier molecular flexibility index (Phi) is 4.67. The Morgan fingerprint density at radius 2 is 1.95 bits per heavy atom. The number of hydrogen-bond acceptors (Lipinski definition) is 4. The number of rotatable bonds is 5. The molecule has 0 aliphatic heterocycles. The van der Waals surface area contributed by atoms with E-state index < -0.39 is 10.0 Å². The molecule has 1 aliphatic rings. The minimum Gasteiger partial charge on any atom is -0.380 e. The van der Waals surface area contributed by atoms with Crippen LogP contribution in [0, 0.1) is 0 Å². The number of para-hydroxylation sites is 1. The van der Waals surface area contributed by atoms with E-state index in [1.807, 2.05) is 6.07 Å². The summed E-state index contributed by atoms with van der Waals surface area (Å²) < 4.78 is 27.3. The molecule has 2 rings (SSSR count). The molecule has 1 aromatic carbocycles. The van der Waals surface area contributed by atoms with Gasteiger partial charge in [-0.3, -0.25) is 0 Å². The van der Waals surface area contributed by atoms with Gasteiger partial charge in [-0.1, -0.05) is 12.1 Å². The van der Waals surface area contributed by atoms with Crippen molar-refractivity contribution < 1.29 is 8.42 Å². The third-order valence-corrected chi connectivity index (χ3v) is 5.19. The minimum absolute atomic E-state index is 0.0869. The van der Waals surface area contributed by atoms with Crippen LogP contribution in [-0.4, -0.2) is 26.5 Å². The molecule has 0 saturated heterocycles. The second kappa shape index (κ2) is 6.11. The van der Waals surface area contributed by atoms with E-state index in [0.717, 1.165) is 19.3 Å². The van der Waals surface area contributed by atoms with Crippen molar-refractivity contribution in [2.24, 2.45) is 5.73 Å². The number of nitrogens with two attached hydrogens (primary N) is 1. The molecule has 1 saturated carbocycles. The average Bonchev–Trinajstić information content (AvgIpc) is 2.74. The maximum atomic E-state index is 12.3. The van der Waals surface area contributed by atoms with Crippen LogP contribution in [0.3, 0.4) is 0 Å². The molecule has 0 amide bonds. The van der Waals surface area contributed by atoms with Crippen molar-refractivity contribution >= 4 is 15.7 Å². The normalized spacial score (nSPS) is 23.2. The first kappa shape index (κ1) is 15.3. The fourth-order valence-corrected chi connectivity index (χ4v) is 3.98. The highest BCUT2D eigenvalue weighted by Gasteiger charge is 2.26. The molecule has 20 heavy (non-hydrogen) atoms. The van der Waals surface area contributed by atoms with Crippen molar-refractivity contribution in [3.8, 4) is 0 Å². The monoisotopic (exact) mass is 297 g/mol. The van der Waals surface area contributed by atoms with E-state index in [-0.39, 0.29) is 23.0 Å². The second-order valence-electron chi connectivity index (χ2n) is 5.62. The van der Waals surface area contributed by atoms with E-state index in [2.05, 4.69) is 10.0 Å². The SMILES string of the molecule is CC(C)NS(=O)(=O)c1ccccc1NC1CCCC1N. The number of benzene rings is 1. The molecule has 0 spiro atoms. The largest absolute Gasteiger partial charge is 0.380 e. The summed E-state index contributed by atoms with van der Waals surface area (Å²) in [5, 5.41) is 3.29. The van der Waals surface area contributed by atoms with Gasteiger partial charge in [0.05, 0.1) is 5.69 Å². The summed E-state index contributed by atoms with van der Waals surface area (Å²) in [6, 6.07) is 7.07. The number of hydrogen-bond donors (Lipinski definition) is 3. The highest BCUT2D eigenvalue weighted by Crippen LogP contribution is 2.26. The van der Waals surface area contributed by atoms with Gasteiger partial charge in [0.2, 0.25) is 10.0 Å². The third-order valence-electron chi connectivity index (χ3n) is 3.48. The zero-order chi connectivity index (χ0) is 14.8. The van der Waals surface area contributed by atoms with Crippen LogP contribution in [0.2, 0.25) is 0 Å². The van der Waals surface area contributed by atoms with Gasteiger partial charge < -0.3 is 11.1 Å². The molecule has 1 aliphatic carbocycles. The molecule has 2 atom stereocenters. The molecule has 0 bridgehead atoms. The lowest BCUT2D eigenvalue weighted by molar-refractivity contribution is 0.569. The van der Waals surface area contributed by atoms with Gasteiger partial charge in [0.15, 0.2) is 0 Å². The molecule has 1 fully saturated rings. The molecule has 5 nitrogen and oxygen atoms in total. The van der Waals surface area contributed by atoms with Gasteiger partial charge in [0, 0.05) is 18.1 Å². The molecule has 0 radical (unpaired) electrons. The van der Waals surface area contributed by atoms with Crippen LogP contribution in [0.15, 0.2) is 29.2 Å². The Morgan fingerprint density at radius 3 is 2.55 bits per heavy atom. The van der Waals surface area contributed by atoms with E-state index in [0.29, 0.717) is 5.69 Å². The molecule has 4 N–H and O–H groups in total. The van der Waals surface area contributed by atoms with Crippen LogP contribution in [0.5, 0.6) is 0 Å². The van der Waals surface area contributed by atoms with E-state index >= 15 is 0 Å². The van der Waals surface area contributed by atoms with Gasteiger partial charge in [0.1, 0.15) is 4.90 Å². The number of nitrogens with one attached hydrogen (secondary N) is 2. The summed E-state index contributed by atoms with van der Waals surface area (Å²) in [6.07, 6.45) is 3.04. The lowest BCUT2D eigenvalue weighted by Gasteiger charge is -2.21. The van der Waals surface area contributed by atoms with E-state index in [4.69, 9.17) is 5.73 Å². The van der Waals surface area contributed by atoms with Gasteiger partial charge >= 0.3 is 0 Å². The lowest BCUT2D eigenvalue weighted by Crippen LogP contribution is -2.36. The lowest BCUT2D eigenvalue weighted by atomic mass is 10.2. The molecule has 0 heterocycles. The molecular weight excluding hydrogens is 274 g/mol. The fourth-order valence-electron chi connectivity index (χ4n) is 2.56. The van der Waals surface area contributed by atoms with Crippen molar-refractivity contribution in [1.82, 2.24) is 4.72 Å². The Morgan fingerprint density at radius 1 is 1.25 bits per heavy atom. The Labute approximate surface area is 121 Å². The van der Waals surface area contributed by atoms with Crippen molar-refractivity contribution in [3.63, 3.8) is 0 Å². The smallest absolute Gasteiger partial charge is 0.242 e. The summed E-state index contributed by atoms with van der Waals surface area (Å²) in [5.74, 6) is 0. The van der Waals surface area contributed by atoms with E-state index in [9.17, 15) is 8.42 Å². The topological polar surface area (TPSA) is 84.2 Å². The van der Waals surface area contributed by atoms with E-state index in [1.165, 1.54) is 0 Å². The first-order valence-corrected chi connectivity index (χ1v) is 8.52. The Hall–Kier alpha value is -1.11. The van der Waals surface area contributed by atoms with Crippen LogP contribution in [-0.2, 0) is 10.0 Å². The van der Waals surface area contributed by atoms with Crippen molar-refractivity contribution in [3.05, 3.63) is 24.3 Å². The zero-order valence-electron chi connectivity index (χ0n) is 12.0. The van der Waals surface area contributed by atoms with Crippen LogP contribution in [0.25, 0.3) is 0 Å². The summed E-state index contributed by atoms with van der Waals surface area (Å²) in [6.45, 7) is 3.61. The standard InChI is InChI=1S/C14H23N3O2S/c1-10(2)17-20(18,19)14-9-4-3-7-13(14)16-12-8-5-6-11(12)15/h3-4,7,9-12,16-17H,5-6,8,15H2,1-2H3. The molecule has 1 aromatic rings. The summed E-state index contributed by atoms with van der Waals surface area (Å²) in [5.41, 5.74) is 6.67. The second-order valence-corrected chi connectivity index (χ2v) is 7.30. The van der Waals surface area contributed by atoms with Gasteiger partial charge in [0.25, 0.3) is 0 Å². The zero-order valence-corrected chi connectivity index (χ0v) is 12.8. The fraction of sp³-hybridized carbons (Fsp3) is 0.571. The van der Waals surface area contributed by atoms with E-state index in [1.54, 1.807) is 32.0 Å². The number of anilines is 1. The van der Waals surface area contributed by atoms with Crippen molar-refractivity contribution in [2.75, 3.05) is 5.32 Å². The van der Waals surface area contributed by atoms with Gasteiger partial charge in [-0.2, -0.15) is 0 Å². The third kappa shape index (κ3) is 3.50. The first-order chi connectivity index (χ1) is 9.40. The molecule has 112 valence electrons. The highest BCUT2D eigenvalue weighted by molar-refractivity contribution is 7.89. The van der Waals surface area contributed by atoms with Gasteiger partial charge in [-0.05, 0) is 45.2 Å². The summed E-state index contributed by atoms with van der Waals surface area (Å²) >= 11 is 0. The van der Waals surface area contributed by atoms with Gasteiger partial charge in [-0.15, -0.1) is 0 Å². The number of sulfonamides is 1. The Bertz CT molecular complexity index is 557. The summed E-state index contributed by atoms with van der Waals surface area (Å²) in [7, 11) is -3.50. The first-order valence-electron chi connectivity index (χ1n) is 7.03. The average molecular weight is 297 g/mol. The maximum Gasteiger partial charge on any atom is 0.242 e. The maximum absolute atomic E-state index is 12.3. The minimum atomic E-state index is -3.50. The van der Waals surface area contributed by atoms with Crippen LogP contribution < -0.4 is 15.8 Å². The highest BCUT2D eigenvalue weighted by atomic mass is 32.2. The van der Waals surface area contributed by atoms with Gasteiger partial charge in [-0.25, -0.2) is 13.1 Å². The van der Waals surface area contributed by atoms with Crippen LogP contribution >= 0.6 is 0 Å². The Balaban J connectivity index is 2.26.